The van der Waals surface area contributed by atoms with Gasteiger partial charge in [0.05, 0.1) is 30.1 Å². The molecule has 3 fully saturated rings. The fourth-order valence-electron chi connectivity index (χ4n) is 7.20. The molecule has 0 spiro atoms. The zero-order valence-electron chi connectivity index (χ0n) is 22.6. The van der Waals surface area contributed by atoms with Crippen molar-refractivity contribution in [1.82, 2.24) is 4.90 Å². The standard InChI is InChI=1S/C30H26Br2Cl2N2O6/c1-3-14-4-6-16(7-5-14)36-25(38)18-9-8-17-20(22(18)26(36)39)12-29(33)27(40)35(13-31)28(41)30(29,34)23(17)19-10-15(32)11-21(42-2)24(19)37/h4-8,10-11,18,20,22-23,37H,3,9,12-13H2,1-2H3/t18-,20+,22-,23+,29+,30-/m0/s1. The van der Waals surface area contributed by atoms with E-state index in [4.69, 9.17) is 27.9 Å². The average molecular weight is 741 g/mol. The molecule has 42 heavy (non-hydrogen) atoms. The third kappa shape index (κ3) is 3.84. The minimum atomic E-state index is -2.03. The van der Waals surface area contributed by atoms with Gasteiger partial charge in [0.25, 0.3) is 11.8 Å². The van der Waals surface area contributed by atoms with Crippen molar-refractivity contribution in [2.45, 2.75) is 41.9 Å². The number of benzene rings is 2. The first-order valence-corrected chi connectivity index (χ1v) is 16.1. The van der Waals surface area contributed by atoms with Gasteiger partial charge in [0.1, 0.15) is 0 Å². The van der Waals surface area contributed by atoms with Gasteiger partial charge >= 0.3 is 0 Å². The molecule has 0 unspecified atom stereocenters. The first kappa shape index (κ1) is 29.7. The maximum Gasteiger partial charge on any atom is 0.254 e. The van der Waals surface area contributed by atoms with E-state index >= 15 is 0 Å². The molecule has 1 saturated carbocycles. The molecule has 6 atom stereocenters. The summed E-state index contributed by atoms with van der Waals surface area (Å²) >= 11 is 21.2. The molecule has 8 nitrogen and oxygen atoms in total. The van der Waals surface area contributed by atoms with Crippen molar-refractivity contribution < 1.29 is 29.0 Å². The maximum absolute atomic E-state index is 14.1. The van der Waals surface area contributed by atoms with Gasteiger partial charge in [0, 0.05) is 16.0 Å². The molecule has 12 heteroatoms. The quantitative estimate of drug-likeness (QED) is 0.184. The van der Waals surface area contributed by atoms with E-state index in [9.17, 15) is 24.3 Å². The Bertz CT molecular complexity index is 1580. The summed E-state index contributed by atoms with van der Waals surface area (Å²) in [5, 5.41) is 11.3. The van der Waals surface area contributed by atoms with Crippen LogP contribution in [-0.2, 0) is 25.6 Å². The molecule has 4 amide bonds. The van der Waals surface area contributed by atoms with Crippen molar-refractivity contribution in [3.05, 3.63) is 63.6 Å². The number of phenols is 1. The van der Waals surface area contributed by atoms with E-state index in [2.05, 4.69) is 31.9 Å². The Morgan fingerprint density at radius 3 is 2.36 bits per heavy atom. The number of hydrogen-bond donors (Lipinski definition) is 1. The molecule has 6 rings (SSSR count). The van der Waals surface area contributed by atoms with Gasteiger partial charge in [-0.25, -0.2) is 0 Å². The van der Waals surface area contributed by atoms with Gasteiger partial charge in [0.2, 0.25) is 11.8 Å². The SMILES string of the molecule is CCc1ccc(N2C(=O)[C@H]3[C@H](CC=C4[C@H]3C[C@@]3(Cl)C(=O)N(CBr)C(=O)[C@@]3(Cl)[C@H]4c3cc(Br)cc(OC)c3O)C2=O)cc1. The fraction of sp³-hybridized carbons (Fsp3) is 0.400. The van der Waals surface area contributed by atoms with Crippen LogP contribution < -0.4 is 9.64 Å². The van der Waals surface area contributed by atoms with Crippen LogP contribution in [0.15, 0.2) is 52.5 Å². The number of ether oxygens (including phenoxy) is 1. The van der Waals surface area contributed by atoms with Crippen molar-refractivity contribution in [3.63, 3.8) is 0 Å². The highest BCUT2D eigenvalue weighted by Crippen LogP contribution is 2.66. The number of alkyl halides is 3. The lowest BCUT2D eigenvalue weighted by Crippen LogP contribution is -2.60. The predicted molar refractivity (Wildman–Crippen MR) is 164 cm³/mol. The highest BCUT2D eigenvalue weighted by molar-refractivity contribution is 9.10. The van der Waals surface area contributed by atoms with Crippen molar-refractivity contribution in [2.24, 2.45) is 17.8 Å². The average Bonchev–Trinajstić information content (AvgIpc) is 3.31. The lowest BCUT2D eigenvalue weighted by molar-refractivity contribution is -0.138. The lowest BCUT2D eigenvalue weighted by Gasteiger charge is -2.50. The van der Waals surface area contributed by atoms with E-state index < -0.39 is 51.1 Å². The topological polar surface area (TPSA) is 104 Å². The molecule has 2 saturated heterocycles. The lowest BCUT2D eigenvalue weighted by atomic mass is 9.56. The van der Waals surface area contributed by atoms with Crippen LogP contribution >= 0.6 is 55.1 Å². The van der Waals surface area contributed by atoms with Gasteiger partial charge < -0.3 is 9.84 Å². The first-order valence-electron chi connectivity index (χ1n) is 13.5. The van der Waals surface area contributed by atoms with Crippen molar-refractivity contribution in [1.29, 1.82) is 0 Å². The second-order valence-electron chi connectivity index (χ2n) is 11.1. The van der Waals surface area contributed by atoms with Gasteiger partial charge in [-0.15, -0.1) is 23.2 Å². The number of halogens is 4. The largest absolute Gasteiger partial charge is 0.504 e. The highest BCUT2D eigenvalue weighted by atomic mass is 79.9. The summed E-state index contributed by atoms with van der Waals surface area (Å²) in [6.07, 6.45) is 2.73. The predicted octanol–water partition coefficient (Wildman–Crippen LogP) is 5.64. The van der Waals surface area contributed by atoms with Crippen LogP contribution in [0, 0.1) is 17.8 Å². The third-order valence-corrected chi connectivity index (χ3v) is 11.6. The molecule has 2 heterocycles. The van der Waals surface area contributed by atoms with E-state index in [1.54, 1.807) is 24.3 Å². The molecule has 2 aliphatic carbocycles. The number of carbonyl (C=O) groups is 4. The number of allylic oxidation sites excluding steroid dienone is 2. The van der Waals surface area contributed by atoms with Gasteiger partial charge in [-0.1, -0.05) is 62.6 Å². The summed E-state index contributed by atoms with van der Waals surface area (Å²) in [5.74, 6) is -5.58. The van der Waals surface area contributed by atoms with Crippen LogP contribution in [0.4, 0.5) is 5.69 Å². The second-order valence-corrected chi connectivity index (χ2v) is 13.7. The number of amides is 4. The van der Waals surface area contributed by atoms with Crippen LogP contribution in [-0.4, -0.2) is 55.9 Å². The fourth-order valence-corrected chi connectivity index (χ4v) is 9.08. The van der Waals surface area contributed by atoms with E-state index in [1.807, 2.05) is 25.1 Å². The minimum Gasteiger partial charge on any atom is -0.504 e. The Morgan fingerprint density at radius 2 is 1.74 bits per heavy atom. The van der Waals surface area contributed by atoms with E-state index in [0.29, 0.717) is 15.7 Å². The minimum absolute atomic E-state index is 0.124. The number of aryl methyl sites for hydroxylation is 1. The number of phenolic OH excluding ortho intramolecular Hbond substituents is 1. The number of nitrogens with zero attached hydrogens (tertiary/aromatic N) is 2. The number of likely N-dealkylation sites (tertiary alicyclic amines) is 1. The normalized spacial score (nSPS) is 32.1. The monoisotopic (exact) mass is 738 g/mol. The number of rotatable bonds is 5. The van der Waals surface area contributed by atoms with Gasteiger partial charge in [0.15, 0.2) is 21.2 Å². The molecule has 220 valence electrons. The Balaban J connectivity index is 1.53. The summed E-state index contributed by atoms with van der Waals surface area (Å²) in [7, 11) is 1.39. The number of imide groups is 2. The molecular weight excluding hydrogens is 715 g/mol. The Labute approximate surface area is 269 Å². The molecule has 2 aromatic rings. The van der Waals surface area contributed by atoms with Crippen molar-refractivity contribution in [2.75, 3.05) is 17.5 Å². The smallest absolute Gasteiger partial charge is 0.254 e. The van der Waals surface area contributed by atoms with Gasteiger partial charge in [-0.2, -0.15) is 0 Å². The van der Waals surface area contributed by atoms with Gasteiger partial charge in [-0.05, 0) is 55.0 Å². The summed E-state index contributed by atoms with van der Waals surface area (Å²) in [4.78, 5) is 53.8. The summed E-state index contributed by atoms with van der Waals surface area (Å²) in [6, 6.07) is 10.5. The highest BCUT2D eigenvalue weighted by Gasteiger charge is 2.76. The molecular formula is C30H26Br2Cl2N2O6. The molecule has 0 aromatic heterocycles. The summed E-state index contributed by atoms with van der Waals surface area (Å²) in [6.45, 7) is 2.02. The third-order valence-electron chi connectivity index (χ3n) is 9.22. The van der Waals surface area contributed by atoms with Crippen LogP contribution in [0.3, 0.4) is 0 Å². The molecule has 0 bridgehead atoms. The maximum atomic E-state index is 14.1. The zero-order valence-corrected chi connectivity index (χ0v) is 27.3. The molecule has 2 aromatic carbocycles. The van der Waals surface area contributed by atoms with E-state index in [1.165, 1.54) is 12.0 Å². The van der Waals surface area contributed by atoms with E-state index in [-0.39, 0.29) is 41.3 Å². The van der Waals surface area contributed by atoms with Crippen LogP contribution in [0.2, 0.25) is 0 Å². The van der Waals surface area contributed by atoms with E-state index in [0.717, 1.165) is 16.9 Å². The zero-order chi connectivity index (χ0) is 30.3. The Hall–Kier alpha value is -2.40. The Morgan fingerprint density at radius 1 is 1.05 bits per heavy atom. The molecule has 1 N–H and O–H groups in total. The first-order chi connectivity index (χ1) is 19.9. The van der Waals surface area contributed by atoms with Gasteiger partial charge in [-0.3, -0.25) is 29.0 Å². The van der Waals surface area contributed by atoms with Crippen LogP contribution in [0.25, 0.3) is 0 Å². The summed E-state index contributed by atoms with van der Waals surface area (Å²) < 4.78 is 5.92. The molecule has 2 aliphatic heterocycles. The number of hydrogen-bond acceptors (Lipinski definition) is 6. The number of anilines is 1. The number of aromatic hydroxyl groups is 1. The van der Waals surface area contributed by atoms with Crippen molar-refractivity contribution >= 4 is 84.4 Å². The van der Waals surface area contributed by atoms with Crippen LogP contribution in [0.5, 0.6) is 11.5 Å². The Kier molecular flexibility index (Phi) is 7.31. The second kappa shape index (κ2) is 10.4. The number of methoxy groups -OCH3 is 1. The number of fused-ring (bicyclic) bond motifs is 4. The van der Waals surface area contributed by atoms with Crippen LogP contribution in [0.1, 0.15) is 36.8 Å². The number of carbonyl (C=O) groups excluding carboxylic acids is 4. The summed E-state index contributed by atoms with van der Waals surface area (Å²) in [5.41, 5.74) is 2.21. The molecule has 4 aliphatic rings. The van der Waals surface area contributed by atoms with Crippen molar-refractivity contribution in [3.8, 4) is 11.5 Å². The molecule has 0 radical (unpaired) electrons.